The van der Waals surface area contributed by atoms with Crippen molar-refractivity contribution in [3.8, 4) is 0 Å². The third kappa shape index (κ3) is 2.65. The van der Waals surface area contributed by atoms with Gasteiger partial charge in [-0.05, 0) is 52.7 Å². The van der Waals surface area contributed by atoms with Gasteiger partial charge in [0.25, 0.3) is 11.8 Å². The number of hydrogen-bond acceptors (Lipinski definition) is 5. The Bertz CT molecular complexity index is 902. The predicted octanol–water partition coefficient (Wildman–Crippen LogP) is 1.82. The number of β-lactam (4-membered cyclic amide) rings is 1. The zero-order valence-corrected chi connectivity index (χ0v) is 17.6. The number of nitrogens with one attached hydrogen (secondary N) is 1. The maximum atomic E-state index is 13.1. The number of carbonyl (C=O) groups is 4. The van der Waals surface area contributed by atoms with Crippen molar-refractivity contribution in [2.24, 2.45) is 0 Å². The summed E-state index contributed by atoms with van der Waals surface area (Å²) in [6, 6.07) is 2.68. The molecule has 1 aromatic rings. The fourth-order valence-electron chi connectivity index (χ4n) is 4.37. The third-order valence-electron chi connectivity index (χ3n) is 5.55. The normalized spacial score (nSPS) is 27.8. The summed E-state index contributed by atoms with van der Waals surface area (Å²) >= 11 is 1.23. The van der Waals surface area contributed by atoms with E-state index in [1.54, 1.807) is 27.7 Å². The Morgan fingerprint density at radius 2 is 1.68 bits per heavy atom. The van der Waals surface area contributed by atoms with Crippen LogP contribution in [0.15, 0.2) is 12.1 Å². The Morgan fingerprint density at radius 3 is 2.14 bits per heavy atom. The number of aliphatic carboxylic acids is 1. The minimum absolute atomic E-state index is 0.425. The molecule has 8 heteroatoms. The molecular formula is C20H24N2O5S. The summed E-state index contributed by atoms with van der Waals surface area (Å²) in [4.78, 5) is 51.6. The van der Waals surface area contributed by atoms with Gasteiger partial charge in [0.05, 0.1) is 0 Å². The van der Waals surface area contributed by atoms with Gasteiger partial charge in [-0.25, -0.2) is 4.79 Å². The number of Topliss-reactive ketones (excluding diaryl/α,β-unsaturated/α-hetero) is 1. The standard InChI is InChI=1S/C20H24N2O5S/c1-9-7-10(2)13(11(3)8-9)15(24)21-20(12(4)23)17(27)22-14(16(25)26)19(5,6)28-18(20)22/h7-8,14,18H,1-6H3,(H,21,24)(H,25,26)/t14-,18+,20-/m0/s1. The van der Waals surface area contributed by atoms with Gasteiger partial charge < -0.3 is 15.3 Å². The van der Waals surface area contributed by atoms with Crippen LogP contribution < -0.4 is 5.32 Å². The molecule has 28 heavy (non-hydrogen) atoms. The summed E-state index contributed by atoms with van der Waals surface area (Å²) < 4.78 is -0.788. The molecule has 3 atom stereocenters. The summed E-state index contributed by atoms with van der Waals surface area (Å²) in [5.41, 5.74) is 1.19. The number of benzene rings is 1. The van der Waals surface area contributed by atoms with Crippen molar-refractivity contribution in [1.82, 2.24) is 10.2 Å². The van der Waals surface area contributed by atoms with E-state index in [1.807, 2.05) is 19.1 Å². The summed E-state index contributed by atoms with van der Waals surface area (Å²) in [7, 11) is 0. The van der Waals surface area contributed by atoms with Crippen LogP contribution in [0.2, 0.25) is 0 Å². The first-order chi connectivity index (χ1) is 12.8. The molecular weight excluding hydrogens is 380 g/mol. The largest absolute Gasteiger partial charge is 0.480 e. The van der Waals surface area contributed by atoms with E-state index in [0.29, 0.717) is 5.56 Å². The molecule has 0 saturated carbocycles. The highest BCUT2D eigenvalue weighted by atomic mass is 32.2. The van der Waals surface area contributed by atoms with E-state index >= 15 is 0 Å². The van der Waals surface area contributed by atoms with Crippen LogP contribution in [0.1, 0.15) is 47.8 Å². The average molecular weight is 404 g/mol. The summed E-state index contributed by atoms with van der Waals surface area (Å²) in [6.07, 6.45) is 0. The second-order valence-electron chi connectivity index (χ2n) is 8.12. The van der Waals surface area contributed by atoms with E-state index in [4.69, 9.17) is 0 Å². The highest BCUT2D eigenvalue weighted by Crippen LogP contribution is 2.55. The van der Waals surface area contributed by atoms with Crippen LogP contribution in [-0.4, -0.2) is 55.3 Å². The molecule has 7 nitrogen and oxygen atoms in total. The molecule has 150 valence electrons. The molecule has 2 amide bonds. The van der Waals surface area contributed by atoms with Crippen molar-refractivity contribution in [3.05, 3.63) is 34.4 Å². The molecule has 0 unspecified atom stereocenters. The van der Waals surface area contributed by atoms with Crippen molar-refractivity contribution in [2.45, 2.75) is 63.2 Å². The van der Waals surface area contributed by atoms with E-state index in [9.17, 15) is 24.3 Å². The fourth-order valence-corrected chi connectivity index (χ4v) is 6.12. The molecule has 2 aliphatic heterocycles. The molecule has 1 aromatic carbocycles. The zero-order valence-electron chi connectivity index (χ0n) is 16.7. The average Bonchev–Trinajstić information content (AvgIpc) is 2.80. The first-order valence-corrected chi connectivity index (χ1v) is 9.87. The Kier molecular flexibility index (Phi) is 4.61. The first kappa shape index (κ1) is 20.4. The van der Waals surface area contributed by atoms with E-state index in [1.165, 1.54) is 23.6 Å². The van der Waals surface area contributed by atoms with Crippen LogP contribution in [0.5, 0.6) is 0 Å². The van der Waals surface area contributed by atoms with Gasteiger partial charge in [0.2, 0.25) is 5.54 Å². The molecule has 2 aliphatic rings. The molecule has 0 radical (unpaired) electrons. The second-order valence-corrected chi connectivity index (χ2v) is 9.85. The Labute approximate surface area is 167 Å². The van der Waals surface area contributed by atoms with Gasteiger partial charge in [-0.3, -0.25) is 14.4 Å². The molecule has 2 fully saturated rings. The van der Waals surface area contributed by atoms with E-state index in [2.05, 4.69) is 5.32 Å². The number of carboxylic acid groups (broad SMARTS) is 1. The number of nitrogens with zero attached hydrogens (tertiary/aromatic N) is 1. The highest BCUT2D eigenvalue weighted by molar-refractivity contribution is 8.01. The van der Waals surface area contributed by atoms with Crippen molar-refractivity contribution >= 4 is 35.3 Å². The monoisotopic (exact) mass is 404 g/mol. The van der Waals surface area contributed by atoms with Crippen LogP contribution >= 0.6 is 11.8 Å². The number of amides is 2. The highest BCUT2D eigenvalue weighted by Gasteiger charge is 2.74. The van der Waals surface area contributed by atoms with Crippen molar-refractivity contribution in [1.29, 1.82) is 0 Å². The summed E-state index contributed by atoms with van der Waals surface area (Å²) in [5.74, 6) is -2.78. The van der Waals surface area contributed by atoms with E-state index in [-0.39, 0.29) is 0 Å². The molecule has 0 bridgehead atoms. The Morgan fingerprint density at radius 1 is 1.14 bits per heavy atom. The van der Waals surface area contributed by atoms with E-state index in [0.717, 1.165) is 16.7 Å². The van der Waals surface area contributed by atoms with Gasteiger partial charge in [-0.2, -0.15) is 0 Å². The molecule has 0 aliphatic carbocycles. The number of ketones is 1. The van der Waals surface area contributed by atoms with Crippen molar-refractivity contribution in [3.63, 3.8) is 0 Å². The number of fused-ring (bicyclic) bond motifs is 1. The third-order valence-corrected chi connectivity index (χ3v) is 7.19. The van der Waals surface area contributed by atoms with Gasteiger partial charge in [0, 0.05) is 10.3 Å². The van der Waals surface area contributed by atoms with Gasteiger partial charge in [0.1, 0.15) is 11.4 Å². The quantitative estimate of drug-likeness (QED) is 0.586. The number of thioether (sulfide) groups is 1. The van der Waals surface area contributed by atoms with Crippen LogP contribution in [0, 0.1) is 20.8 Å². The van der Waals surface area contributed by atoms with Crippen molar-refractivity contribution < 1.29 is 24.3 Å². The lowest BCUT2D eigenvalue weighted by atomic mass is 9.81. The van der Waals surface area contributed by atoms with Crippen LogP contribution in [0.4, 0.5) is 0 Å². The number of rotatable bonds is 4. The lowest BCUT2D eigenvalue weighted by Gasteiger charge is -2.51. The lowest BCUT2D eigenvalue weighted by molar-refractivity contribution is -0.170. The predicted molar refractivity (Wildman–Crippen MR) is 105 cm³/mol. The first-order valence-electron chi connectivity index (χ1n) is 8.99. The molecule has 2 N–H and O–H groups in total. The Hall–Kier alpha value is -2.35. The van der Waals surface area contributed by atoms with Crippen LogP contribution in [0.3, 0.4) is 0 Å². The lowest BCUT2D eigenvalue weighted by Crippen LogP contribution is -2.82. The fraction of sp³-hybridized carbons (Fsp3) is 0.500. The SMILES string of the molecule is CC(=O)[C@]1(NC(=O)c2c(C)cc(C)cc2C)C(=O)N2[C@@H](C(=O)O)C(C)(C)S[C@@H]21. The Balaban J connectivity index is 2.00. The molecule has 2 saturated heterocycles. The minimum Gasteiger partial charge on any atom is -0.480 e. The second kappa shape index (κ2) is 6.34. The smallest absolute Gasteiger partial charge is 0.327 e. The maximum Gasteiger partial charge on any atom is 0.327 e. The van der Waals surface area contributed by atoms with Gasteiger partial charge in [-0.1, -0.05) is 17.7 Å². The van der Waals surface area contributed by atoms with Gasteiger partial charge >= 0.3 is 5.97 Å². The summed E-state index contributed by atoms with van der Waals surface area (Å²) in [5, 5.41) is 11.5. The molecule has 0 aromatic heterocycles. The zero-order chi connectivity index (χ0) is 21.2. The molecule has 0 spiro atoms. The molecule has 2 heterocycles. The van der Waals surface area contributed by atoms with Gasteiger partial charge in [-0.15, -0.1) is 11.8 Å². The number of carbonyl (C=O) groups excluding carboxylic acids is 3. The number of aryl methyl sites for hydroxylation is 3. The van der Waals surface area contributed by atoms with Gasteiger partial charge in [0.15, 0.2) is 5.78 Å². The maximum absolute atomic E-state index is 13.1. The number of carboxylic acids is 1. The van der Waals surface area contributed by atoms with Crippen LogP contribution in [0.25, 0.3) is 0 Å². The number of hydrogen-bond donors (Lipinski definition) is 2. The van der Waals surface area contributed by atoms with Crippen molar-refractivity contribution in [2.75, 3.05) is 0 Å². The van der Waals surface area contributed by atoms with E-state index < -0.39 is 45.3 Å². The minimum atomic E-state index is -1.74. The van der Waals surface area contributed by atoms with Crippen LogP contribution in [-0.2, 0) is 14.4 Å². The summed E-state index contributed by atoms with van der Waals surface area (Å²) in [6.45, 7) is 10.2. The topological polar surface area (TPSA) is 104 Å². The molecule has 3 rings (SSSR count).